The molecule has 2 rings (SSSR count). The van der Waals surface area contributed by atoms with E-state index < -0.39 is 0 Å². The predicted octanol–water partition coefficient (Wildman–Crippen LogP) is 0.835. The number of nitrogens with zero attached hydrogens (tertiary/aromatic N) is 3. The van der Waals surface area contributed by atoms with Gasteiger partial charge in [-0.15, -0.1) is 0 Å². The van der Waals surface area contributed by atoms with Crippen molar-refractivity contribution >= 4 is 12.1 Å². The van der Waals surface area contributed by atoms with E-state index in [1.807, 2.05) is 19.3 Å². The van der Waals surface area contributed by atoms with E-state index in [-0.39, 0.29) is 5.92 Å². The van der Waals surface area contributed by atoms with Crippen LogP contribution in [0.5, 0.6) is 0 Å². The molecule has 1 aliphatic heterocycles. The molecule has 14 heavy (non-hydrogen) atoms. The summed E-state index contributed by atoms with van der Waals surface area (Å²) in [5, 5.41) is 4.34. The van der Waals surface area contributed by atoms with Crippen LogP contribution in [-0.4, -0.2) is 29.2 Å². The molecule has 0 spiro atoms. The number of hydrogen-bond donors (Lipinski definition) is 0. The number of hydrogen-bond acceptors (Lipinski definition) is 3. The van der Waals surface area contributed by atoms with Gasteiger partial charge in [0, 0.05) is 38.3 Å². The molecule has 0 bridgehead atoms. The Balaban J connectivity index is 1.98. The Morgan fingerprint density at radius 2 is 2.21 bits per heavy atom. The van der Waals surface area contributed by atoms with Crippen molar-refractivity contribution in [3.63, 3.8) is 0 Å². The second kappa shape index (κ2) is 3.82. The second-order valence-corrected chi connectivity index (χ2v) is 3.81. The molecular formula is C10H15N3O. The SMILES string of the molecule is Cn1ccc(N2CCC(C=O)CC2)n1. The summed E-state index contributed by atoms with van der Waals surface area (Å²) in [6, 6.07) is 2.02. The fraction of sp³-hybridized carbons (Fsp3) is 0.600. The molecule has 1 aliphatic rings. The second-order valence-electron chi connectivity index (χ2n) is 3.81. The summed E-state index contributed by atoms with van der Waals surface area (Å²) in [5.41, 5.74) is 0. The van der Waals surface area contributed by atoms with Crippen LogP contribution in [0.15, 0.2) is 12.3 Å². The summed E-state index contributed by atoms with van der Waals surface area (Å²) >= 11 is 0. The van der Waals surface area contributed by atoms with Crippen LogP contribution < -0.4 is 4.90 Å². The molecule has 0 amide bonds. The van der Waals surface area contributed by atoms with Crippen LogP contribution in [0, 0.1) is 5.92 Å². The van der Waals surface area contributed by atoms with Crippen LogP contribution in [0.1, 0.15) is 12.8 Å². The first-order valence-electron chi connectivity index (χ1n) is 4.99. The third kappa shape index (κ3) is 1.78. The molecule has 0 unspecified atom stereocenters. The van der Waals surface area contributed by atoms with E-state index in [1.54, 1.807) is 4.68 Å². The van der Waals surface area contributed by atoms with Gasteiger partial charge in [0.05, 0.1) is 0 Å². The van der Waals surface area contributed by atoms with Gasteiger partial charge in [0.25, 0.3) is 0 Å². The van der Waals surface area contributed by atoms with Gasteiger partial charge in [-0.1, -0.05) is 0 Å². The Labute approximate surface area is 83.5 Å². The van der Waals surface area contributed by atoms with Gasteiger partial charge in [0.2, 0.25) is 0 Å². The van der Waals surface area contributed by atoms with E-state index in [4.69, 9.17) is 0 Å². The Morgan fingerprint density at radius 3 is 2.71 bits per heavy atom. The molecule has 1 fully saturated rings. The molecular weight excluding hydrogens is 178 g/mol. The van der Waals surface area contributed by atoms with Crippen molar-refractivity contribution in [2.45, 2.75) is 12.8 Å². The van der Waals surface area contributed by atoms with Gasteiger partial charge in [0.15, 0.2) is 5.82 Å². The van der Waals surface area contributed by atoms with Gasteiger partial charge in [-0.25, -0.2) is 0 Å². The molecule has 1 aromatic rings. The van der Waals surface area contributed by atoms with Gasteiger partial charge in [0.1, 0.15) is 6.29 Å². The zero-order chi connectivity index (χ0) is 9.97. The molecule has 2 heterocycles. The van der Waals surface area contributed by atoms with Gasteiger partial charge in [-0.3, -0.25) is 4.68 Å². The number of piperidine rings is 1. The quantitative estimate of drug-likeness (QED) is 0.653. The summed E-state index contributed by atoms with van der Waals surface area (Å²) in [4.78, 5) is 12.8. The number of aromatic nitrogens is 2. The molecule has 0 aromatic carbocycles. The van der Waals surface area contributed by atoms with Gasteiger partial charge >= 0.3 is 0 Å². The van der Waals surface area contributed by atoms with E-state index in [9.17, 15) is 4.79 Å². The number of carbonyl (C=O) groups excluding carboxylic acids is 1. The molecule has 4 nitrogen and oxygen atoms in total. The van der Waals surface area contributed by atoms with Crippen LogP contribution in [-0.2, 0) is 11.8 Å². The minimum Gasteiger partial charge on any atom is -0.355 e. The monoisotopic (exact) mass is 193 g/mol. The topological polar surface area (TPSA) is 38.1 Å². The summed E-state index contributed by atoms with van der Waals surface area (Å²) < 4.78 is 1.81. The maximum atomic E-state index is 10.6. The van der Waals surface area contributed by atoms with Crippen LogP contribution in [0.3, 0.4) is 0 Å². The van der Waals surface area contributed by atoms with Crippen molar-refractivity contribution in [1.29, 1.82) is 0 Å². The third-order valence-electron chi connectivity index (χ3n) is 2.76. The van der Waals surface area contributed by atoms with E-state index in [0.717, 1.165) is 38.0 Å². The Bertz CT molecular complexity index is 313. The predicted molar refractivity (Wildman–Crippen MR) is 54.2 cm³/mol. The lowest BCUT2D eigenvalue weighted by atomic mass is 9.99. The Kier molecular flexibility index (Phi) is 2.52. The largest absolute Gasteiger partial charge is 0.355 e. The first kappa shape index (κ1) is 9.24. The number of aryl methyl sites for hydroxylation is 1. The Hall–Kier alpha value is -1.32. The molecule has 0 saturated carbocycles. The van der Waals surface area contributed by atoms with E-state index in [1.165, 1.54) is 0 Å². The van der Waals surface area contributed by atoms with Gasteiger partial charge in [-0.2, -0.15) is 5.10 Å². The lowest BCUT2D eigenvalue weighted by Crippen LogP contribution is -2.34. The van der Waals surface area contributed by atoms with Crippen LogP contribution in [0.4, 0.5) is 5.82 Å². The summed E-state index contributed by atoms with van der Waals surface area (Å²) in [5.74, 6) is 1.28. The van der Waals surface area contributed by atoms with Crippen molar-refractivity contribution in [2.24, 2.45) is 13.0 Å². The van der Waals surface area contributed by atoms with E-state index in [0.29, 0.717) is 0 Å². The van der Waals surface area contributed by atoms with Crippen molar-refractivity contribution in [3.8, 4) is 0 Å². The lowest BCUT2D eigenvalue weighted by molar-refractivity contribution is -0.111. The smallest absolute Gasteiger partial charge is 0.150 e. The molecule has 1 aromatic heterocycles. The zero-order valence-electron chi connectivity index (χ0n) is 8.39. The number of rotatable bonds is 2. The minimum atomic E-state index is 0.259. The van der Waals surface area contributed by atoms with Crippen molar-refractivity contribution in [1.82, 2.24) is 9.78 Å². The molecule has 0 atom stereocenters. The average Bonchev–Trinajstić information content (AvgIpc) is 2.65. The number of aldehydes is 1. The fourth-order valence-corrected chi connectivity index (χ4v) is 1.84. The molecule has 76 valence electrons. The first-order chi connectivity index (χ1) is 6.79. The maximum Gasteiger partial charge on any atom is 0.150 e. The number of anilines is 1. The zero-order valence-corrected chi connectivity index (χ0v) is 8.39. The molecule has 1 saturated heterocycles. The fourth-order valence-electron chi connectivity index (χ4n) is 1.84. The molecule has 0 radical (unpaired) electrons. The third-order valence-corrected chi connectivity index (χ3v) is 2.76. The van der Waals surface area contributed by atoms with Crippen LogP contribution in [0.25, 0.3) is 0 Å². The highest BCUT2D eigenvalue weighted by Crippen LogP contribution is 2.19. The number of carbonyl (C=O) groups is 1. The summed E-state index contributed by atoms with van der Waals surface area (Å²) in [6.45, 7) is 1.89. The van der Waals surface area contributed by atoms with E-state index >= 15 is 0 Å². The van der Waals surface area contributed by atoms with E-state index in [2.05, 4.69) is 10.00 Å². The van der Waals surface area contributed by atoms with Crippen molar-refractivity contribution in [2.75, 3.05) is 18.0 Å². The highest BCUT2D eigenvalue weighted by atomic mass is 16.1. The molecule has 4 heteroatoms. The highest BCUT2D eigenvalue weighted by molar-refractivity contribution is 5.54. The standard InChI is InChI=1S/C10H15N3O/c1-12-5-4-10(11-12)13-6-2-9(8-14)3-7-13/h4-5,8-9H,2-3,6-7H2,1H3. The molecule has 0 N–H and O–H groups in total. The average molecular weight is 193 g/mol. The van der Waals surface area contributed by atoms with Gasteiger partial charge in [-0.05, 0) is 12.8 Å². The van der Waals surface area contributed by atoms with Crippen LogP contribution in [0.2, 0.25) is 0 Å². The van der Waals surface area contributed by atoms with Crippen LogP contribution >= 0.6 is 0 Å². The highest BCUT2D eigenvalue weighted by Gasteiger charge is 2.19. The minimum absolute atomic E-state index is 0.259. The maximum absolute atomic E-state index is 10.6. The van der Waals surface area contributed by atoms with Gasteiger partial charge < -0.3 is 9.69 Å². The van der Waals surface area contributed by atoms with Crippen molar-refractivity contribution in [3.05, 3.63) is 12.3 Å². The van der Waals surface area contributed by atoms with Crippen molar-refractivity contribution < 1.29 is 4.79 Å². The Morgan fingerprint density at radius 1 is 1.50 bits per heavy atom. The summed E-state index contributed by atoms with van der Waals surface area (Å²) in [7, 11) is 1.92. The normalized spacial score (nSPS) is 18.5. The first-order valence-corrected chi connectivity index (χ1v) is 4.99. The summed E-state index contributed by atoms with van der Waals surface area (Å²) in [6.07, 6.45) is 4.94. The molecule has 0 aliphatic carbocycles. The lowest BCUT2D eigenvalue weighted by Gasteiger charge is -2.29.